The Hall–Kier alpha value is -0.570. The summed E-state index contributed by atoms with van der Waals surface area (Å²) in [5.41, 5.74) is 0. The Morgan fingerprint density at radius 2 is 1.93 bits per heavy atom. The van der Waals surface area contributed by atoms with Crippen LogP contribution in [0.25, 0.3) is 0 Å². The van der Waals surface area contributed by atoms with E-state index in [9.17, 15) is 4.39 Å². The van der Waals surface area contributed by atoms with Crippen LogP contribution in [-0.2, 0) is 0 Å². The van der Waals surface area contributed by atoms with Crippen molar-refractivity contribution >= 4 is 15.9 Å². The summed E-state index contributed by atoms with van der Waals surface area (Å²) in [4.78, 5) is 0. The molecule has 2 rings (SSSR count). The van der Waals surface area contributed by atoms with Crippen molar-refractivity contribution in [1.82, 2.24) is 0 Å². The van der Waals surface area contributed by atoms with Crippen molar-refractivity contribution in [2.45, 2.75) is 38.2 Å². The molecule has 1 aromatic carbocycles. The molecule has 1 nitrogen and oxygen atoms in total. The minimum Gasteiger partial charge on any atom is -0.487 e. The van der Waals surface area contributed by atoms with Gasteiger partial charge >= 0.3 is 0 Å². The Morgan fingerprint density at radius 3 is 2.67 bits per heavy atom. The molecule has 3 heteroatoms. The average molecular weight is 273 g/mol. The molecule has 1 fully saturated rings. The van der Waals surface area contributed by atoms with Gasteiger partial charge in [-0.15, -0.1) is 0 Å². The topological polar surface area (TPSA) is 9.23 Å². The van der Waals surface area contributed by atoms with Gasteiger partial charge in [-0.2, -0.15) is 0 Å². The number of benzene rings is 1. The second-order valence-corrected chi connectivity index (χ2v) is 4.78. The maximum absolute atomic E-state index is 13.6. The lowest BCUT2D eigenvalue weighted by Crippen LogP contribution is -2.20. The molecule has 1 aliphatic carbocycles. The van der Waals surface area contributed by atoms with Crippen LogP contribution in [0, 0.1) is 5.82 Å². The van der Waals surface area contributed by atoms with Gasteiger partial charge in [0.1, 0.15) is 0 Å². The van der Waals surface area contributed by atoms with Gasteiger partial charge in [0, 0.05) is 0 Å². The molecule has 0 aliphatic heterocycles. The molecule has 0 spiro atoms. The molecule has 0 amide bonds. The van der Waals surface area contributed by atoms with Crippen LogP contribution in [0.3, 0.4) is 0 Å². The molecule has 1 saturated carbocycles. The van der Waals surface area contributed by atoms with E-state index in [2.05, 4.69) is 15.9 Å². The van der Waals surface area contributed by atoms with Crippen LogP contribution in [0.4, 0.5) is 4.39 Å². The predicted octanol–water partition coefficient (Wildman–Crippen LogP) is 4.30. The number of halogens is 2. The second kappa shape index (κ2) is 4.97. The summed E-state index contributed by atoms with van der Waals surface area (Å²) < 4.78 is 19.7. The third-order valence-electron chi connectivity index (χ3n) is 2.76. The van der Waals surface area contributed by atoms with E-state index in [4.69, 9.17) is 4.74 Å². The van der Waals surface area contributed by atoms with Gasteiger partial charge in [-0.05, 0) is 53.7 Å². The highest BCUT2D eigenvalue weighted by atomic mass is 79.9. The third-order valence-corrected chi connectivity index (χ3v) is 3.37. The molecule has 0 atom stereocenters. The zero-order chi connectivity index (χ0) is 10.7. The van der Waals surface area contributed by atoms with E-state index in [1.54, 1.807) is 18.2 Å². The van der Waals surface area contributed by atoms with Gasteiger partial charge in [0.25, 0.3) is 0 Å². The Kier molecular flexibility index (Phi) is 3.62. The largest absolute Gasteiger partial charge is 0.487 e. The lowest BCUT2D eigenvalue weighted by Gasteiger charge is -2.23. The smallest absolute Gasteiger partial charge is 0.179 e. The minimum atomic E-state index is -0.289. The highest BCUT2D eigenvalue weighted by Crippen LogP contribution is 2.28. The first kappa shape index (κ1) is 10.9. The first-order chi connectivity index (χ1) is 7.27. The first-order valence-corrected chi connectivity index (χ1v) is 6.17. The Labute approximate surface area is 97.8 Å². The number of hydrogen-bond acceptors (Lipinski definition) is 1. The van der Waals surface area contributed by atoms with Crippen molar-refractivity contribution in [3.8, 4) is 5.75 Å². The maximum Gasteiger partial charge on any atom is 0.179 e. The lowest BCUT2D eigenvalue weighted by atomic mass is 9.98. The summed E-state index contributed by atoms with van der Waals surface area (Å²) in [6, 6.07) is 5.17. The van der Waals surface area contributed by atoms with Crippen molar-refractivity contribution in [3.63, 3.8) is 0 Å². The molecular formula is C12H14BrFO. The van der Waals surface area contributed by atoms with Crippen LogP contribution in [-0.4, -0.2) is 6.10 Å². The van der Waals surface area contributed by atoms with Gasteiger partial charge in [-0.25, -0.2) is 4.39 Å². The molecular weight excluding hydrogens is 259 g/mol. The van der Waals surface area contributed by atoms with Crippen molar-refractivity contribution in [3.05, 3.63) is 28.5 Å². The molecule has 0 N–H and O–H groups in total. The SMILES string of the molecule is Fc1c(Br)cccc1OC1CCCCC1. The van der Waals surface area contributed by atoms with Crippen LogP contribution in [0.5, 0.6) is 5.75 Å². The van der Waals surface area contributed by atoms with E-state index in [-0.39, 0.29) is 11.9 Å². The van der Waals surface area contributed by atoms with Crippen LogP contribution in [0.1, 0.15) is 32.1 Å². The maximum atomic E-state index is 13.6. The van der Waals surface area contributed by atoms with Gasteiger partial charge in [0.2, 0.25) is 0 Å². The minimum absolute atomic E-state index is 0.197. The summed E-state index contributed by atoms with van der Waals surface area (Å²) in [5.74, 6) is 0.0827. The Bertz CT molecular complexity index is 334. The second-order valence-electron chi connectivity index (χ2n) is 3.93. The van der Waals surface area contributed by atoms with Crippen LogP contribution < -0.4 is 4.74 Å². The summed E-state index contributed by atoms with van der Waals surface area (Å²) in [5, 5.41) is 0. The van der Waals surface area contributed by atoms with E-state index in [0.29, 0.717) is 10.2 Å². The Balaban J connectivity index is 2.06. The fourth-order valence-electron chi connectivity index (χ4n) is 1.94. The first-order valence-electron chi connectivity index (χ1n) is 5.38. The van der Waals surface area contributed by atoms with Crippen molar-refractivity contribution in [1.29, 1.82) is 0 Å². The molecule has 1 aliphatic rings. The highest BCUT2D eigenvalue weighted by Gasteiger charge is 2.17. The zero-order valence-corrected chi connectivity index (χ0v) is 10.1. The standard InChI is InChI=1S/C12H14BrFO/c13-10-7-4-8-11(12(10)14)15-9-5-2-1-3-6-9/h4,7-9H,1-3,5-6H2. The Morgan fingerprint density at radius 1 is 1.20 bits per heavy atom. The normalized spacial score (nSPS) is 17.7. The van der Waals surface area contributed by atoms with E-state index < -0.39 is 0 Å². The molecule has 0 heterocycles. The monoisotopic (exact) mass is 272 g/mol. The molecule has 15 heavy (non-hydrogen) atoms. The molecule has 82 valence electrons. The average Bonchev–Trinajstić information content (AvgIpc) is 2.26. The number of hydrogen-bond donors (Lipinski definition) is 0. The van der Waals surface area contributed by atoms with Gasteiger partial charge in [0.15, 0.2) is 11.6 Å². The van der Waals surface area contributed by atoms with Gasteiger partial charge < -0.3 is 4.74 Å². The van der Waals surface area contributed by atoms with Gasteiger partial charge in [-0.1, -0.05) is 12.5 Å². The van der Waals surface area contributed by atoms with Crippen LogP contribution in [0.2, 0.25) is 0 Å². The fourth-order valence-corrected chi connectivity index (χ4v) is 2.29. The summed E-state index contributed by atoms with van der Waals surface area (Å²) in [6.45, 7) is 0. The molecule has 0 unspecified atom stereocenters. The number of rotatable bonds is 2. The third kappa shape index (κ3) is 2.71. The highest BCUT2D eigenvalue weighted by molar-refractivity contribution is 9.10. The quantitative estimate of drug-likeness (QED) is 0.780. The molecule has 0 aromatic heterocycles. The van der Waals surface area contributed by atoms with E-state index in [0.717, 1.165) is 12.8 Å². The molecule has 0 saturated heterocycles. The zero-order valence-electron chi connectivity index (χ0n) is 8.51. The van der Waals surface area contributed by atoms with E-state index in [1.165, 1.54) is 19.3 Å². The summed E-state index contributed by atoms with van der Waals surface area (Å²) in [7, 11) is 0. The lowest BCUT2D eigenvalue weighted by molar-refractivity contribution is 0.148. The van der Waals surface area contributed by atoms with Gasteiger partial charge in [-0.3, -0.25) is 0 Å². The summed E-state index contributed by atoms with van der Waals surface area (Å²) >= 11 is 3.16. The van der Waals surface area contributed by atoms with E-state index >= 15 is 0 Å². The predicted molar refractivity (Wildman–Crippen MR) is 61.6 cm³/mol. The summed E-state index contributed by atoms with van der Waals surface area (Å²) in [6.07, 6.45) is 5.96. The van der Waals surface area contributed by atoms with Crippen LogP contribution >= 0.6 is 15.9 Å². The van der Waals surface area contributed by atoms with Crippen LogP contribution in [0.15, 0.2) is 22.7 Å². The molecule has 1 aromatic rings. The van der Waals surface area contributed by atoms with Crippen molar-refractivity contribution in [2.24, 2.45) is 0 Å². The number of ether oxygens (including phenoxy) is 1. The molecule has 0 bridgehead atoms. The van der Waals surface area contributed by atoms with Gasteiger partial charge in [0.05, 0.1) is 10.6 Å². The van der Waals surface area contributed by atoms with Crippen molar-refractivity contribution in [2.75, 3.05) is 0 Å². The van der Waals surface area contributed by atoms with Crippen molar-refractivity contribution < 1.29 is 9.13 Å². The van der Waals surface area contributed by atoms with E-state index in [1.807, 2.05) is 0 Å². The molecule has 0 radical (unpaired) electrons. The fraction of sp³-hybridized carbons (Fsp3) is 0.500.